The van der Waals surface area contributed by atoms with Gasteiger partial charge in [0, 0.05) is 18.7 Å². The summed E-state index contributed by atoms with van der Waals surface area (Å²) in [5.41, 5.74) is -0.806. The van der Waals surface area contributed by atoms with Crippen LogP contribution in [-0.4, -0.2) is 52.2 Å². The molecule has 1 fully saturated rings. The molecule has 26 heavy (non-hydrogen) atoms. The maximum absolute atomic E-state index is 12.6. The van der Waals surface area contributed by atoms with E-state index >= 15 is 0 Å². The fraction of sp³-hybridized carbons (Fsp3) is 0.294. The molecule has 0 spiro atoms. The van der Waals surface area contributed by atoms with E-state index in [1.165, 1.54) is 16.2 Å². The molecule has 1 aliphatic rings. The third-order valence-corrected chi connectivity index (χ3v) is 5.18. The number of para-hydroxylation sites is 1. The second kappa shape index (κ2) is 7.59. The Balaban J connectivity index is 1.72. The average molecular weight is 374 g/mol. The number of hydrogen-bond donors (Lipinski definition) is 4. The summed E-state index contributed by atoms with van der Waals surface area (Å²) in [5.74, 6) is -2.67. The Morgan fingerprint density at radius 3 is 2.65 bits per heavy atom. The highest BCUT2D eigenvalue weighted by Crippen LogP contribution is 2.28. The molecule has 9 heteroatoms. The van der Waals surface area contributed by atoms with E-state index in [2.05, 4.69) is 5.32 Å². The van der Waals surface area contributed by atoms with Crippen molar-refractivity contribution < 1.29 is 24.7 Å². The van der Waals surface area contributed by atoms with Crippen LogP contribution in [0.4, 0.5) is 5.69 Å². The second-order valence-corrected chi connectivity index (χ2v) is 7.01. The van der Waals surface area contributed by atoms with Gasteiger partial charge in [0.25, 0.3) is 11.8 Å². The van der Waals surface area contributed by atoms with Gasteiger partial charge in [-0.2, -0.15) is 11.3 Å². The molecular formula is C17H19BN2O5S. The first-order valence-corrected chi connectivity index (χ1v) is 9.13. The van der Waals surface area contributed by atoms with Crippen molar-refractivity contribution >= 4 is 36.0 Å². The van der Waals surface area contributed by atoms with Gasteiger partial charge in [0.2, 0.25) is 5.60 Å². The summed E-state index contributed by atoms with van der Waals surface area (Å²) in [6, 6.07) is 10.6. The van der Waals surface area contributed by atoms with Crippen LogP contribution in [0.1, 0.15) is 12.0 Å². The molecule has 7 nitrogen and oxygen atoms in total. The molecular weight excluding hydrogens is 355 g/mol. The van der Waals surface area contributed by atoms with Crippen LogP contribution >= 0.6 is 11.3 Å². The van der Waals surface area contributed by atoms with Gasteiger partial charge in [0.15, 0.2) is 0 Å². The SMILES string of the molecule is O=C(NC(Cc1ccsc1)B(O)O)[C@@]1(O)CCN(c2ccccc2)C1=O. The second-order valence-electron chi connectivity index (χ2n) is 6.23. The van der Waals surface area contributed by atoms with Crippen molar-refractivity contribution in [3.63, 3.8) is 0 Å². The van der Waals surface area contributed by atoms with Gasteiger partial charge in [0.05, 0.1) is 5.94 Å². The van der Waals surface area contributed by atoms with Gasteiger partial charge in [-0.1, -0.05) is 18.2 Å². The fourth-order valence-electron chi connectivity index (χ4n) is 2.95. The lowest BCUT2D eigenvalue weighted by atomic mass is 9.76. The predicted octanol–water partition coefficient (Wildman–Crippen LogP) is -0.0446. The number of rotatable bonds is 6. The predicted molar refractivity (Wildman–Crippen MR) is 98.5 cm³/mol. The highest BCUT2D eigenvalue weighted by atomic mass is 32.1. The Hall–Kier alpha value is -2.20. The maximum atomic E-state index is 12.6. The first-order valence-electron chi connectivity index (χ1n) is 8.19. The van der Waals surface area contributed by atoms with E-state index in [-0.39, 0.29) is 19.4 Å². The Kier molecular flexibility index (Phi) is 5.42. The number of anilines is 1. The minimum absolute atomic E-state index is 0.0702. The minimum Gasteiger partial charge on any atom is -0.426 e. The molecule has 1 unspecified atom stereocenters. The molecule has 0 saturated carbocycles. The molecule has 1 aliphatic heterocycles. The molecule has 136 valence electrons. The lowest BCUT2D eigenvalue weighted by Crippen LogP contribution is -2.58. The monoisotopic (exact) mass is 374 g/mol. The number of nitrogens with zero attached hydrogens (tertiary/aromatic N) is 1. The van der Waals surface area contributed by atoms with Crippen molar-refractivity contribution in [1.82, 2.24) is 5.32 Å². The first kappa shape index (κ1) is 18.6. The van der Waals surface area contributed by atoms with Crippen LogP contribution in [0.25, 0.3) is 0 Å². The number of benzene rings is 1. The summed E-state index contributed by atoms with van der Waals surface area (Å²) in [5, 5.41) is 35.8. The van der Waals surface area contributed by atoms with Gasteiger partial charge >= 0.3 is 7.12 Å². The molecule has 0 aliphatic carbocycles. The normalized spacial score (nSPS) is 20.9. The quantitative estimate of drug-likeness (QED) is 0.419. The number of aliphatic hydroxyl groups is 1. The third-order valence-electron chi connectivity index (χ3n) is 4.45. The van der Waals surface area contributed by atoms with Gasteiger partial charge in [0.1, 0.15) is 0 Å². The summed E-state index contributed by atoms with van der Waals surface area (Å²) in [6.07, 6.45) is 0.110. The Labute approximate surface area is 155 Å². The van der Waals surface area contributed by atoms with Crippen molar-refractivity contribution in [3.8, 4) is 0 Å². The van der Waals surface area contributed by atoms with Gasteiger partial charge < -0.3 is 25.4 Å². The Bertz CT molecular complexity index is 771. The third kappa shape index (κ3) is 3.66. The summed E-state index contributed by atoms with van der Waals surface area (Å²) in [7, 11) is -1.82. The van der Waals surface area contributed by atoms with Crippen molar-refractivity contribution in [2.75, 3.05) is 11.4 Å². The molecule has 0 bridgehead atoms. The molecule has 0 radical (unpaired) electrons. The number of thiophene rings is 1. The number of nitrogens with one attached hydrogen (secondary N) is 1. The van der Waals surface area contributed by atoms with Crippen LogP contribution in [-0.2, 0) is 16.0 Å². The molecule has 2 amide bonds. The Morgan fingerprint density at radius 2 is 2.04 bits per heavy atom. The van der Waals surface area contributed by atoms with E-state index in [4.69, 9.17) is 0 Å². The average Bonchev–Trinajstić information content (AvgIpc) is 3.24. The maximum Gasteiger partial charge on any atom is 0.475 e. The molecule has 2 atom stereocenters. The summed E-state index contributed by atoms with van der Waals surface area (Å²) >= 11 is 1.45. The highest BCUT2D eigenvalue weighted by Gasteiger charge is 2.52. The largest absolute Gasteiger partial charge is 0.475 e. The number of amides is 2. The smallest absolute Gasteiger partial charge is 0.426 e. The summed E-state index contributed by atoms with van der Waals surface area (Å²) < 4.78 is 0. The molecule has 3 rings (SSSR count). The topological polar surface area (TPSA) is 110 Å². The van der Waals surface area contributed by atoms with Crippen LogP contribution in [0, 0.1) is 0 Å². The zero-order valence-electron chi connectivity index (χ0n) is 13.9. The zero-order valence-corrected chi connectivity index (χ0v) is 14.7. The van der Waals surface area contributed by atoms with E-state index < -0.39 is 30.5 Å². The zero-order chi connectivity index (χ0) is 18.7. The van der Waals surface area contributed by atoms with Crippen LogP contribution in [0.5, 0.6) is 0 Å². The van der Waals surface area contributed by atoms with Gasteiger partial charge in [-0.05, 0) is 40.9 Å². The molecule has 1 saturated heterocycles. The van der Waals surface area contributed by atoms with Gasteiger partial charge in [-0.15, -0.1) is 0 Å². The first-order chi connectivity index (χ1) is 12.4. The van der Waals surface area contributed by atoms with E-state index in [9.17, 15) is 24.7 Å². The van der Waals surface area contributed by atoms with E-state index in [1.54, 1.807) is 36.4 Å². The van der Waals surface area contributed by atoms with Crippen molar-refractivity contribution in [2.45, 2.75) is 24.4 Å². The summed E-state index contributed by atoms with van der Waals surface area (Å²) in [6.45, 7) is 0.198. The number of carbonyl (C=O) groups is 2. The van der Waals surface area contributed by atoms with Crippen LogP contribution in [0.15, 0.2) is 47.2 Å². The van der Waals surface area contributed by atoms with Crippen molar-refractivity contribution in [2.24, 2.45) is 0 Å². The molecule has 1 aromatic carbocycles. The molecule has 2 aromatic rings. The van der Waals surface area contributed by atoms with E-state index in [0.717, 1.165) is 5.56 Å². The molecule has 2 heterocycles. The standard InChI is InChI=1S/C17H19BN2O5S/c21-15(19-14(18(24)25)10-12-6-9-26-11-12)17(23)7-8-20(16(17)22)13-4-2-1-3-5-13/h1-6,9,11,14,23-25H,7-8,10H2,(H,19,21)/t14?,17-/m0/s1. The highest BCUT2D eigenvalue weighted by molar-refractivity contribution is 7.07. The number of carbonyl (C=O) groups excluding carboxylic acids is 2. The summed E-state index contributed by atoms with van der Waals surface area (Å²) in [4.78, 5) is 26.5. The number of hydrogen-bond acceptors (Lipinski definition) is 6. The lowest BCUT2D eigenvalue weighted by Gasteiger charge is -2.25. The van der Waals surface area contributed by atoms with E-state index in [1.807, 2.05) is 10.8 Å². The van der Waals surface area contributed by atoms with Crippen LogP contribution < -0.4 is 10.2 Å². The fourth-order valence-corrected chi connectivity index (χ4v) is 3.63. The van der Waals surface area contributed by atoms with E-state index in [0.29, 0.717) is 5.69 Å². The van der Waals surface area contributed by atoms with Crippen molar-refractivity contribution in [3.05, 3.63) is 52.7 Å². The van der Waals surface area contributed by atoms with Crippen LogP contribution in [0.2, 0.25) is 0 Å². The van der Waals surface area contributed by atoms with Crippen LogP contribution in [0.3, 0.4) is 0 Å². The van der Waals surface area contributed by atoms with Crippen molar-refractivity contribution in [1.29, 1.82) is 0 Å². The van der Waals surface area contributed by atoms with Gasteiger partial charge in [-0.25, -0.2) is 0 Å². The lowest BCUT2D eigenvalue weighted by molar-refractivity contribution is -0.149. The molecule has 4 N–H and O–H groups in total. The minimum atomic E-state index is -2.22. The van der Waals surface area contributed by atoms with Gasteiger partial charge in [-0.3, -0.25) is 9.59 Å². The Morgan fingerprint density at radius 1 is 1.31 bits per heavy atom. The molecule has 1 aromatic heterocycles.